The van der Waals surface area contributed by atoms with E-state index in [1.54, 1.807) is 24.3 Å². The molecular weight excluding hydrogens is 329 g/mol. The first-order chi connectivity index (χ1) is 10.9. The summed E-state index contributed by atoms with van der Waals surface area (Å²) >= 11 is 11.9. The van der Waals surface area contributed by atoms with Gasteiger partial charge in [-0.05, 0) is 55.7 Å². The van der Waals surface area contributed by atoms with E-state index in [9.17, 15) is 4.79 Å². The number of hydrogen-bond donors (Lipinski definition) is 1. The zero-order valence-electron chi connectivity index (χ0n) is 13.4. The second kappa shape index (κ2) is 7.67. The number of aryl methyl sites for hydroxylation is 2. The Kier molecular flexibility index (Phi) is 5.86. The van der Waals surface area contributed by atoms with Crippen LogP contribution in [0.5, 0.6) is 0 Å². The van der Waals surface area contributed by atoms with Crippen molar-refractivity contribution in [3.63, 3.8) is 0 Å². The lowest BCUT2D eigenvalue weighted by atomic mass is 10.0. The van der Waals surface area contributed by atoms with Gasteiger partial charge in [0, 0.05) is 16.1 Å². The van der Waals surface area contributed by atoms with Gasteiger partial charge < -0.3 is 5.32 Å². The summed E-state index contributed by atoms with van der Waals surface area (Å²) in [5.74, 6) is -0.163. The average molecular weight is 348 g/mol. The third kappa shape index (κ3) is 4.85. The molecule has 0 aromatic heterocycles. The molecule has 4 heteroatoms. The van der Waals surface area contributed by atoms with E-state index in [2.05, 4.69) is 24.4 Å². The Bertz CT molecular complexity index is 753. The van der Waals surface area contributed by atoms with Crippen LogP contribution in [0.3, 0.4) is 0 Å². The molecule has 0 saturated heterocycles. The lowest BCUT2D eigenvalue weighted by Gasteiger charge is -2.16. The van der Waals surface area contributed by atoms with Crippen LogP contribution in [0.15, 0.2) is 42.5 Å². The lowest BCUT2D eigenvalue weighted by molar-refractivity contribution is -0.117. The SMILES string of the molecule is Cc1ccc([C@@H](C)NC(=O)/C=C/c2ccc(Cl)cc2Cl)c(C)c1. The van der Waals surface area contributed by atoms with E-state index in [0.717, 1.165) is 11.1 Å². The zero-order chi connectivity index (χ0) is 17.0. The molecule has 120 valence electrons. The van der Waals surface area contributed by atoms with Crippen LogP contribution in [0.2, 0.25) is 10.0 Å². The minimum Gasteiger partial charge on any atom is -0.346 e. The highest BCUT2D eigenvalue weighted by atomic mass is 35.5. The van der Waals surface area contributed by atoms with E-state index in [0.29, 0.717) is 10.0 Å². The second-order valence-corrected chi connectivity index (χ2v) is 6.43. The number of halogens is 2. The van der Waals surface area contributed by atoms with Crippen molar-refractivity contribution in [2.24, 2.45) is 0 Å². The summed E-state index contributed by atoms with van der Waals surface area (Å²) in [7, 11) is 0. The Morgan fingerprint density at radius 2 is 1.87 bits per heavy atom. The first-order valence-electron chi connectivity index (χ1n) is 7.37. The van der Waals surface area contributed by atoms with E-state index in [-0.39, 0.29) is 11.9 Å². The molecule has 2 nitrogen and oxygen atoms in total. The van der Waals surface area contributed by atoms with Crippen LogP contribution in [0.25, 0.3) is 6.08 Å². The minimum absolute atomic E-state index is 0.0616. The topological polar surface area (TPSA) is 29.1 Å². The van der Waals surface area contributed by atoms with E-state index < -0.39 is 0 Å². The molecule has 0 saturated carbocycles. The van der Waals surface area contributed by atoms with Crippen LogP contribution in [0.1, 0.15) is 35.2 Å². The van der Waals surface area contributed by atoms with Crippen molar-refractivity contribution in [1.82, 2.24) is 5.32 Å². The fraction of sp³-hybridized carbons (Fsp3) is 0.211. The lowest BCUT2D eigenvalue weighted by Crippen LogP contribution is -2.25. The maximum Gasteiger partial charge on any atom is 0.244 e. The molecule has 0 fully saturated rings. The summed E-state index contributed by atoms with van der Waals surface area (Å²) in [6, 6.07) is 11.3. The molecule has 0 spiro atoms. The summed E-state index contributed by atoms with van der Waals surface area (Å²) in [4.78, 5) is 12.1. The second-order valence-electron chi connectivity index (χ2n) is 5.59. The summed E-state index contributed by atoms with van der Waals surface area (Å²) in [5.41, 5.74) is 4.25. The highest BCUT2D eigenvalue weighted by molar-refractivity contribution is 6.35. The number of hydrogen-bond acceptors (Lipinski definition) is 1. The smallest absolute Gasteiger partial charge is 0.244 e. The molecule has 1 N–H and O–H groups in total. The molecular formula is C19H19Cl2NO. The molecule has 0 aliphatic carbocycles. The summed E-state index contributed by atoms with van der Waals surface area (Å²) in [5, 5.41) is 4.05. The van der Waals surface area contributed by atoms with Crippen molar-refractivity contribution >= 4 is 35.2 Å². The van der Waals surface area contributed by atoms with Gasteiger partial charge in [0.2, 0.25) is 5.91 Å². The Labute approximate surface area is 147 Å². The molecule has 0 radical (unpaired) electrons. The standard InChI is InChI=1S/C19H19Cl2NO/c1-12-4-8-17(13(2)10-12)14(3)22-19(23)9-6-15-5-7-16(20)11-18(15)21/h4-11,14H,1-3H3,(H,22,23)/b9-6+/t14-/m1/s1. The number of rotatable bonds is 4. The largest absolute Gasteiger partial charge is 0.346 e. The van der Waals surface area contributed by atoms with Gasteiger partial charge in [-0.3, -0.25) is 4.79 Å². The van der Waals surface area contributed by atoms with E-state index in [4.69, 9.17) is 23.2 Å². The average Bonchev–Trinajstić information content (AvgIpc) is 2.46. The molecule has 1 amide bonds. The first kappa shape index (κ1) is 17.6. The van der Waals surface area contributed by atoms with Gasteiger partial charge in [-0.15, -0.1) is 0 Å². The molecule has 2 aromatic rings. The quantitative estimate of drug-likeness (QED) is 0.726. The maximum atomic E-state index is 12.1. The molecule has 2 rings (SSSR count). The Hall–Kier alpha value is -1.77. The van der Waals surface area contributed by atoms with Gasteiger partial charge in [-0.2, -0.15) is 0 Å². The van der Waals surface area contributed by atoms with Crippen molar-refractivity contribution < 1.29 is 4.79 Å². The summed E-state index contributed by atoms with van der Waals surface area (Å²) < 4.78 is 0. The normalized spacial score (nSPS) is 12.4. The van der Waals surface area contributed by atoms with Gasteiger partial charge in [0.05, 0.1) is 6.04 Å². The molecule has 0 bridgehead atoms. The third-order valence-corrected chi connectivity index (χ3v) is 4.19. The van der Waals surface area contributed by atoms with Crippen molar-refractivity contribution in [2.45, 2.75) is 26.8 Å². The minimum atomic E-state index is -0.163. The molecule has 23 heavy (non-hydrogen) atoms. The number of carbonyl (C=O) groups excluding carboxylic acids is 1. The van der Waals surface area contributed by atoms with Gasteiger partial charge >= 0.3 is 0 Å². The van der Waals surface area contributed by atoms with Crippen molar-refractivity contribution in [2.75, 3.05) is 0 Å². The molecule has 0 aliphatic heterocycles. The van der Waals surface area contributed by atoms with Crippen LogP contribution >= 0.6 is 23.2 Å². The number of carbonyl (C=O) groups is 1. The number of benzene rings is 2. The maximum absolute atomic E-state index is 12.1. The van der Waals surface area contributed by atoms with Crippen LogP contribution in [-0.4, -0.2) is 5.91 Å². The number of nitrogens with one attached hydrogen (secondary N) is 1. The van der Waals surface area contributed by atoms with Crippen molar-refractivity contribution in [1.29, 1.82) is 0 Å². The molecule has 1 atom stereocenters. The monoisotopic (exact) mass is 347 g/mol. The first-order valence-corrected chi connectivity index (χ1v) is 8.13. The molecule has 0 aliphatic rings. The van der Waals surface area contributed by atoms with Crippen LogP contribution in [0, 0.1) is 13.8 Å². The highest BCUT2D eigenvalue weighted by Gasteiger charge is 2.10. The highest BCUT2D eigenvalue weighted by Crippen LogP contribution is 2.22. The van der Waals surface area contributed by atoms with Gasteiger partial charge in [-0.1, -0.05) is 53.0 Å². The molecule has 2 aromatic carbocycles. The fourth-order valence-electron chi connectivity index (χ4n) is 2.45. The predicted octanol–water partition coefficient (Wildman–Crippen LogP) is 5.50. The zero-order valence-corrected chi connectivity index (χ0v) is 14.9. The summed E-state index contributed by atoms with van der Waals surface area (Å²) in [6.07, 6.45) is 3.16. The third-order valence-electron chi connectivity index (χ3n) is 3.63. The van der Waals surface area contributed by atoms with Crippen molar-refractivity contribution in [3.8, 4) is 0 Å². The van der Waals surface area contributed by atoms with Crippen LogP contribution in [0.4, 0.5) is 0 Å². The molecule has 0 unspecified atom stereocenters. The van der Waals surface area contributed by atoms with Crippen molar-refractivity contribution in [3.05, 3.63) is 74.8 Å². The van der Waals surface area contributed by atoms with Crippen LogP contribution in [-0.2, 0) is 4.79 Å². The van der Waals surface area contributed by atoms with E-state index in [1.165, 1.54) is 17.2 Å². The Morgan fingerprint density at radius 3 is 2.52 bits per heavy atom. The number of amides is 1. The Balaban J connectivity index is 2.05. The van der Waals surface area contributed by atoms with Gasteiger partial charge in [0.15, 0.2) is 0 Å². The summed E-state index contributed by atoms with van der Waals surface area (Å²) in [6.45, 7) is 6.08. The fourth-order valence-corrected chi connectivity index (χ4v) is 2.92. The predicted molar refractivity (Wildman–Crippen MR) is 98.0 cm³/mol. The molecule has 0 heterocycles. The van der Waals surface area contributed by atoms with Gasteiger partial charge in [-0.25, -0.2) is 0 Å². The van der Waals surface area contributed by atoms with Gasteiger partial charge in [0.1, 0.15) is 0 Å². The van der Waals surface area contributed by atoms with Gasteiger partial charge in [0.25, 0.3) is 0 Å². The van der Waals surface area contributed by atoms with E-state index >= 15 is 0 Å². The Morgan fingerprint density at radius 1 is 1.13 bits per heavy atom. The van der Waals surface area contributed by atoms with Crippen LogP contribution < -0.4 is 5.32 Å². The van der Waals surface area contributed by atoms with E-state index in [1.807, 2.05) is 19.9 Å².